The topological polar surface area (TPSA) is 77.8 Å². The summed E-state index contributed by atoms with van der Waals surface area (Å²) in [4.78, 5) is 17.2. The van der Waals surface area contributed by atoms with Gasteiger partial charge in [-0.1, -0.05) is 66.7 Å². The SMILES string of the molecule is N#Cc1c(NC(=O)c2ccccc2)nc2ccccc2c1NCc1ccccc1. The zero-order valence-corrected chi connectivity index (χ0v) is 15.6. The normalized spacial score (nSPS) is 10.3. The Morgan fingerprint density at radius 1 is 0.897 bits per heavy atom. The maximum absolute atomic E-state index is 12.6. The highest BCUT2D eigenvalue weighted by Crippen LogP contribution is 2.31. The summed E-state index contributed by atoms with van der Waals surface area (Å²) < 4.78 is 0. The number of carbonyl (C=O) groups is 1. The lowest BCUT2D eigenvalue weighted by atomic mass is 10.1. The van der Waals surface area contributed by atoms with Crippen molar-refractivity contribution in [3.63, 3.8) is 0 Å². The number of benzene rings is 3. The molecule has 0 bridgehead atoms. The molecular weight excluding hydrogens is 360 g/mol. The van der Waals surface area contributed by atoms with Crippen molar-refractivity contribution in [2.24, 2.45) is 0 Å². The van der Waals surface area contributed by atoms with E-state index in [0.717, 1.165) is 10.9 Å². The van der Waals surface area contributed by atoms with Gasteiger partial charge >= 0.3 is 0 Å². The summed E-state index contributed by atoms with van der Waals surface area (Å²) in [6.07, 6.45) is 0. The summed E-state index contributed by atoms with van der Waals surface area (Å²) in [5.41, 5.74) is 3.26. The predicted molar refractivity (Wildman–Crippen MR) is 115 cm³/mol. The minimum Gasteiger partial charge on any atom is -0.379 e. The monoisotopic (exact) mass is 378 g/mol. The number of hydrogen-bond donors (Lipinski definition) is 2. The van der Waals surface area contributed by atoms with Gasteiger partial charge in [-0.2, -0.15) is 5.26 Å². The minimum atomic E-state index is -0.307. The van der Waals surface area contributed by atoms with Crippen LogP contribution in [0.4, 0.5) is 11.5 Å². The molecule has 0 spiro atoms. The van der Waals surface area contributed by atoms with E-state index in [1.165, 1.54) is 0 Å². The molecule has 0 unspecified atom stereocenters. The van der Waals surface area contributed by atoms with E-state index in [1.54, 1.807) is 24.3 Å². The van der Waals surface area contributed by atoms with Crippen LogP contribution in [0.25, 0.3) is 10.9 Å². The van der Waals surface area contributed by atoms with E-state index in [2.05, 4.69) is 21.7 Å². The number of nitrogens with one attached hydrogen (secondary N) is 2. The van der Waals surface area contributed by atoms with E-state index in [0.29, 0.717) is 28.9 Å². The van der Waals surface area contributed by atoms with Gasteiger partial charge in [0.2, 0.25) is 0 Å². The molecule has 1 aromatic heterocycles. The van der Waals surface area contributed by atoms with Gasteiger partial charge in [0, 0.05) is 17.5 Å². The highest BCUT2D eigenvalue weighted by Gasteiger charge is 2.17. The zero-order valence-electron chi connectivity index (χ0n) is 15.6. The van der Waals surface area contributed by atoms with E-state index < -0.39 is 0 Å². The third-order valence-electron chi connectivity index (χ3n) is 4.58. The molecule has 1 heterocycles. The molecule has 0 fully saturated rings. The highest BCUT2D eigenvalue weighted by atomic mass is 16.1. The Balaban J connectivity index is 1.75. The van der Waals surface area contributed by atoms with Crippen molar-refractivity contribution in [2.45, 2.75) is 6.54 Å². The van der Waals surface area contributed by atoms with Gasteiger partial charge in [0.15, 0.2) is 5.82 Å². The van der Waals surface area contributed by atoms with Crippen molar-refractivity contribution in [2.75, 3.05) is 10.6 Å². The molecule has 29 heavy (non-hydrogen) atoms. The first kappa shape index (κ1) is 18.2. The summed E-state index contributed by atoms with van der Waals surface area (Å²) >= 11 is 0. The molecule has 4 rings (SSSR count). The fourth-order valence-electron chi connectivity index (χ4n) is 3.15. The van der Waals surface area contributed by atoms with Gasteiger partial charge in [-0.15, -0.1) is 0 Å². The Bertz CT molecular complexity index is 1200. The van der Waals surface area contributed by atoms with E-state index in [4.69, 9.17) is 0 Å². The molecule has 0 aliphatic rings. The second kappa shape index (κ2) is 8.24. The van der Waals surface area contributed by atoms with Crippen LogP contribution in [0.1, 0.15) is 21.5 Å². The number of fused-ring (bicyclic) bond motifs is 1. The lowest BCUT2D eigenvalue weighted by Gasteiger charge is -2.15. The quantitative estimate of drug-likeness (QED) is 0.514. The molecule has 5 nitrogen and oxygen atoms in total. The number of pyridine rings is 1. The number of carbonyl (C=O) groups excluding carboxylic acids is 1. The van der Waals surface area contributed by atoms with Gasteiger partial charge in [0.05, 0.1) is 11.2 Å². The fourth-order valence-corrected chi connectivity index (χ4v) is 3.15. The van der Waals surface area contributed by atoms with Crippen molar-refractivity contribution < 1.29 is 4.79 Å². The smallest absolute Gasteiger partial charge is 0.256 e. The van der Waals surface area contributed by atoms with Gasteiger partial charge in [0.25, 0.3) is 5.91 Å². The standard InChI is InChI=1S/C24H18N4O/c25-15-20-22(26-16-17-9-3-1-4-10-17)19-13-7-8-14-21(19)27-23(20)28-24(29)18-11-5-2-6-12-18/h1-14H,16H2,(H2,26,27,28,29). The van der Waals surface area contributed by atoms with Crippen molar-refractivity contribution in [3.8, 4) is 6.07 Å². The molecular formula is C24H18N4O. The van der Waals surface area contributed by atoms with Crippen LogP contribution in [0.5, 0.6) is 0 Å². The number of hydrogen-bond acceptors (Lipinski definition) is 4. The molecule has 0 saturated heterocycles. The number of nitriles is 1. The number of rotatable bonds is 5. The Morgan fingerprint density at radius 2 is 1.55 bits per heavy atom. The van der Waals surface area contributed by atoms with Crippen LogP contribution in [0.2, 0.25) is 0 Å². The molecule has 0 aliphatic heterocycles. The average Bonchev–Trinajstić information content (AvgIpc) is 2.78. The van der Waals surface area contributed by atoms with Gasteiger partial charge in [0.1, 0.15) is 11.6 Å². The summed E-state index contributed by atoms with van der Waals surface area (Å²) in [6, 6.07) is 28.6. The summed E-state index contributed by atoms with van der Waals surface area (Å²) in [6.45, 7) is 0.551. The Hall–Kier alpha value is -4.17. The molecule has 0 radical (unpaired) electrons. The van der Waals surface area contributed by atoms with Crippen molar-refractivity contribution >= 4 is 28.3 Å². The predicted octanol–water partition coefficient (Wildman–Crippen LogP) is 4.97. The molecule has 0 saturated carbocycles. The summed E-state index contributed by atoms with van der Waals surface area (Å²) in [5, 5.41) is 16.8. The van der Waals surface area contributed by atoms with Gasteiger partial charge in [-0.25, -0.2) is 4.98 Å². The number of amides is 1. The van der Waals surface area contributed by atoms with Crippen LogP contribution < -0.4 is 10.6 Å². The maximum atomic E-state index is 12.6. The lowest BCUT2D eigenvalue weighted by molar-refractivity contribution is 0.102. The van der Waals surface area contributed by atoms with Crippen LogP contribution in [0, 0.1) is 11.3 Å². The molecule has 2 N–H and O–H groups in total. The Morgan fingerprint density at radius 3 is 2.28 bits per heavy atom. The van der Waals surface area contributed by atoms with Crippen LogP contribution in [0.3, 0.4) is 0 Å². The van der Waals surface area contributed by atoms with E-state index >= 15 is 0 Å². The third kappa shape index (κ3) is 3.92. The molecule has 140 valence electrons. The summed E-state index contributed by atoms with van der Waals surface area (Å²) in [7, 11) is 0. The first-order valence-electron chi connectivity index (χ1n) is 9.23. The van der Waals surface area contributed by atoms with Crippen LogP contribution in [0.15, 0.2) is 84.9 Å². The van der Waals surface area contributed by atoms with Crippen molar-refractivity contribution in [1.29, 1.82) is 5.26 Å². The fraction of sp³-hybridized carbons (Fsp3) is 0.0417. The number of nitrogens with zero attached hydrogens (tertiary/aromatic N) is 2. The molecule has 5 heteroatoms. The first-order chi connectivity index (χ1) is 14.3. The largest absolute Gasteiger partial charge is 0.379 e. The first-order valence-corrected chi connectivity index (χ1v) is 9.23. The molecule has 1 amide bonds. The summed E-state index contributed by atoms with van der Waals surface area (Å²) in [5.74, 6) is -0.0606. The van der Waals surface area contributed by atoms with Gasteiger partial charge < -0.3 is 10.6 Å². The van der Waals surface area contributed by atoms with Crippen molar-refractivity contribution in [3.05, 3.63) is 102 Å². The van der Waals surface area contributed by atoms with Crippen LogP contribution >= 0.6 is 0 Å². The molecule has 3 aromatic carbocycles. The van der Waals surface area contributed by atoms with E-state index in [-0.39, 0.29) is 11.7 Å². The Kier molecular flexibility index (Phi) is 5.17. The molecule has 4 aromatic rings. The lowest BCUT2D eigenvalue weighted by Crippen LogP contribution is -2.15. The zero-order chi connectivity index (χ0) is 20.1. The number of aromatic nitrogens is 1. The molecule has 0 atom stereocenters. The van der Waals surface area contributed by atoms with Crippen LogP contribution in [-0.2, 0) is 6.54 Å². The van der Waals surface area contributed by atoms with Crippen LogP contribution in [-0.4, -0.2) is 10.9 Å². The van der Waals surface area contributed by atoms with E-state index in [1.807, 2.05) is 60.7 Å². The van der Waals surface area contributed by atoms with Crippen molar-refractivity contribution in [1.82, 2.24) is 4.98 Å². The van der Waals surface area contributed by atoms with E-state index in [9.17, 15) is 10.1 Å². The van der Waals surface area contributed by atoms with Gasteiger partial charge in [-0.05, 0) is 23.8 Å². The minimum absolute atomic E-state index is 0.246. The molecule has 0 aliphatic carbocycles. The second-order valence-electron chi connectivity index (χ2n) is 6.50. The van der Waals surface area contributed by atoms with Gasteiger partial charge in [-0.3, -0.25) is 4.79 Å². The third-order valence-corrected chi connectivity index (χ3v) is 4.58. The Labute approximate surface area is 168 Å². The average molecular weight is 378 g/mol. The highest BCUT2D eigenvalue weighted by molar-refractivity contribution is 6.06. The number of para-hydroxylation sites is 1. The maximum Gasteiger partial charge on any atom is 0.256 e. The second-order valence-corrected chi connectivity index (χ2v) is 6.50. The number of anilines is 2.